The highest BCUT2D eigenvalue weighted by Crippen LogP contribution is 2.19. The molecule has 0 radical (unpaired) electrons. The minimum Gasteiger partial charge on any atom is -0.385 e. The Morgan fingerprint density at radius 1 is 1.54 bits per heavy atom. The van der Waals surface area contributed by atoms with Gasteiger partial charge in [-0.3, -0.25) is 0 Å². The molecular formula is C11H14ClN. The van der Waals surface area contributed by atoms with Crippen LogP contribution in [-0.4, -0.2) is 6.54 Å². The molecule has 0 fully saturated rings. The maximum Gasteiger partial charge on any atom is 0.0435 e. The van der Waals surface area contributed by atoms with Crippen LogP contribution >= 0.6 is 11.6 Å². The third-order valence-corrected chi connectivity index (χ3v) is 2.32. The fraction of sp³-hybridized carbons (Fsp3) is 0.273. The van der Waals surface area contributed by atoms with E-state index in [0.717, 1.165) is 28.4 Å². The van der Waals surface area contributed by atoms with Gasteiger partial charge in [-0.15, -0.1) is 0 Å². The number of aryl methyl sites for hydroxylation is 1. The Balaban J connectivity index is 2.90. The van der Waals surface area contributed by atoms with Crippen LogP contribution in [0.3, 0.4) is 0 Å². The standard InChI is InChI=1S/C11H14ClN/c1-4-13-9(3)10-5-6-11(12)8(2)7-10/h5-7,13H,3-4H2,1-2H3. The summed E-state index contributed by atoms with van der Waals surface area (Å²) in [6.45, 7) is 8.86. The zero-order valence-corrected chi connectivity index (χ0v) is 8.78. The fourth-order valence-electron chi connectivity index (χ4n) is 1.15. The second-order valence-electron chi connectivity index (χ2n) is 2.97. The van der Waals surface area contributed by atoms with Crippen LogP contribution in [0.2, 0.25) is 5.02 Å². The Kier molecular flexibility index (Phi) is 3.38. The topological polar surface area (TPSA) is 12.0 Å². The van der Waals surface area contributed by atoms with E-state index in [-0.39, 0.29) is 0 Å². The molecule has 0 heterocycles. The van der Waals surface area contributed by atoms with Gasteiger partial charge >= 0.3 is 0 Å². The molecule has 1 N–H and O–H groups in total. The molecule has 0 saturated carbocycles. The number of halogens is 1. The monoisotopic (exact) mass is 195 g/mol. The van der Waals surface area contributed by atoms with Crippen LogP contribution in [0.5, 0.6) is 0 Å². The van der Waals surface area contributed by atoms with Gasteiger partial charge in [0.2, 0.25) is 0 Å². The van der Waals surface area contributed by atoms with Gasteiger partial charge in [-0.1, -0.05) is 24.2 Å². The predicted octanol–water partition coefficient (Wildman–Crippen LogP) is 3.23. The van der Waals surface area contributed by atoms with Crippen LogP contribution in [0.15, 0.2) is 24.8 Å². The average molecular weight is 196 g/mol. The van der Waals surface area contributed by atoms with E-state index < -0.39 is 0 Å². The lowest BCUT2D eigenvalue weighted by molar-refractivity contribution is 0.942. The molecule has 1 rings (SSSR count). The minimum atomic E-state index is 0.799. The van der Waals surface area contributed by atoms with Gasteiger partial charge in [0.15, 0.2) is 0 Å². The molecule has 0 saturated heterocycles. The summed E-state index contributed by atoms with van der Waals surface area (Å²) in [7, 11) is 0. The van der Waals surface area contributed by atoms with Crippen molar-refractivity contribution in [2.75, 3.05) is 6.54 Å². The molecule has 0 bridgehead atoms. The Labute approximate surface area is 84.4 Å². The first-order chi connectivity index (χ1) is 6.15. The van der Waals surface area contributed by atoms with Crippen molar-refractivity contribution in [2.24, 2.45) is 0 Å². The average Bonchev–Trinajstić information content (AvgIpc) is 2.10. The number of nitrogens with one attached hydrogen (secondary N) is 1. The van der Waals surface area contributed by atoms with E-state index in [0.29, 0.717) is 0 Å². The highest BCUT2D eigenvalue weighted by atomic mass is 35.5. The Morgan fingerprint density at radius 3 is 2.77 bits per heavy atom. The van der Waals surface area contributed by atoms with Gasteiger partial charge in [-0.2, -0.15) is 0 Å². The van der Waals surface area contributed by atoms with E-state index in [1.165, 1.54) is 0 Å². The molecule has 0 amide bonds. The van der Waals surface area contributed by atoms with Crippen molar-refractivity contribution in [1.82, 2.24) is 5.32 Å². The van der Waals surface area contributed by atoms with Crippen molar-refractivity contribution >= 4 is 17.3 Å². The number of hydrogen-bond acceptors (Lipinski definition) is 1. The smallest absolute Gasteiger partial charge is 0.0435 e. The molecule has 1 aromatic rings. The molecule has 0 aliphatic heterocycles. The van der Waals surface area contributed by atoms with Gasteiger partial charge in [0.1, 0.15) is 0 Å². The lowest BCUT2D eigenvalue weighted by Crippen LogP contribution is -2.09. The quantitative estimate of drug-likeness (QED) is 0.781. The van der Waals surface area contributed by atoms with E-state index >= 15 is 0 Å². The van der Waals surface area contributed by atoms with Crippen LogP contribution in [0, 0.1) is 6.92 Å². The summed E-state index contributed by atoms with van der Waals surface area (Å²) in [6.07, 6.45) is 0. The van der Waals surface area contributed by atoms with E-state index in [9.17, 15) is 0 Å². The van der Waals surface area contributed by atoms with E-state index in [2.05, 4.69) is 11.9 Å². The SMILES string of the molecule is C=C(NCC)c1ccc(Cl)c(C)c1. The second kappa shape index (κ2) is 4.33. The molecule has 0 aliphatic rings. The summed E-state index contributed by atoms with van der Waals surface area (Å²) in [5, 5.41) is 3.97. The van der Waals surface area contributed by atoms with Crippen molar-refractivity contribution in [1.29, 1.82) is 0 Å². The van der Waals surface area contributed by atoms with Crippen LogP contribution in [0.1, 0.15) is 18.1 Å². The van der Waals surface area contributed by atoms with Crippen LogP contribution in [0.25, 0.3) is 5.70 Å². The largest absolute Gasteiger partial charge is 0.385 e. The first kappa shape index (κ1) is 10.1. The lowest BCUT2D eigenvalue weighted by atomic mass is 10.1. The molecule has 2 heteroatoms. The molecule has 1 aromatic carbocycles. The third-order valence-electron chi connectivity index (χ3n) is 1.90. The molecule has 0 spiro atoms. The van der Waals surface area contributed by atoms with Crippen molar-refractivity contribution in [3.05, 3.63) is 40.9 Å². The molecule has 0 atom stereocenters. The minimum absolute atomic E-state index is 0.799. The number of hydrogen-bond donors (Lipinski definition) is 1. The molecule has 70 valence electrons. The molecule has 0 aromatic heterocycles. The van der Waals surface area contributed by atoms with E-state index in [1.807, 2.05) is 32.0 Å². The fourth-order valence-corrected chi connectivity index (χ4v) is 1.27. The second-order valence-corrected chi connectivity index (χ2v) is 3.38. The van der Waals surface area contributed by atoms with E-state index in [1.54, 1.807) is 0 Å². The van der Waals surface area contributed by atoms with Crippen molar-refractivity contribution in [3.63, 3.8) is 0 Å². The predicted molar refractivity (Wildman–Crippen MR) is 58.9 cm³/mol. The van der Waals surface area contributed by atoms with Crippen LogP contribution in [0.4, 0.5) is 0 Å². The first-order valence-corrected chi connectivity index (χ1v) is 4.72. The summed E-state index contributed by atoms with van der Waals surface area (Å²) in [4.78, 5) is 0. The zero-order valence-electron chi connectivity index (χ0n) is 8.02. The van der Waals surface area contributed by atoms with Crippen molar-refractivity contribution in [3.8, 4) is 0 Å². The van der Waals surface area contributed by atoms with Crippen LogP contribution < -0.4 is 5.32 Å². The van der Waals surface area contributed by atoms with Gasteiger partial charge in [0.25, 0.3) is 0 Å². The Morgan fingerprint density at radius 2 is 2.23 bits per heavy atom. The molecule has 13 heavy (non-hydrogen) atoms. The summed E-state index contributed by atoms with van der Waals surface area (Å²) >= 11 is 5.91. The zero-order chi connectivity index (χ0) is 9.84. The van der Waals surface area contributed by atoms with E-state index in [4.69, 9.17) is 11.6 Å². The highest BCUT2D eigenvalue weighted by Gasteiger charge is 1.99. The third kappa shape index (κ3) is 2.49. The normalized spacial score (nSPS) is 9.77. The van der Waals surface area contributed by atoms with Gasteiger partial charge in [-0.25, -0.2) is 0 Å². The van der Waals surface area contributed by atoms with Crippen molar-refractivity contribution < 1.29 is 0 Å². The summed E-state index contributed by atoms with van der Waals surface area (Å²) < 4.78 is 0. The summed E-state index contributed by atoms with van der Waals surface area (Å²) in [5.74, 6) is 0. The first-order valence-electron chi connectivity index (χ1n) is 4.34. The molecule has 0 unspecified atom stereocenters. The lowest BCUT2D eigenvalue weighted by Gasteiger charge is -2.08. The Bertz CT molecular complexity index is 318. The maximum atomic E-state index is 5.91. The number of benzene rings is 1. The summed E-state index contributed by atoms with van der Waals surface area (Å²) in [5.41, 5.74) is 3.13. The van der Waals surface area contributed by atoms with Gasteiger partial charge in [0.05, 0.1) is 0 Å². The van der Waals surface area contributed by atoms with Crippen molar-refractivity contribution in [2.45, 2.75) is 13.8 Å². The van der Waals surface area contributed by atoms with Gasteiger partial charge in [0, 0.05) is 17.3 Å². The highest BCUT2D eigenvalue weighted by molar-refractivity contribution is 6.31. The molecular weight excluding hydrogens is 182 g/mol. The number of rotatable bonds is 3. The van der Waals surface area contributed by atoms with Crippen LogP contribution in [-0.2, 0) is 0 Å². The maximum absolute atomic E-state index is 5.91. The summed E-state index contributed by atoms with van der Waals surface area (Å²) in [6, 6.07) is 5.91. The van der Waals surface area contributed by atoms with Gasteiger partial charge < -0.3 is 5.32 Å². The van der Waals surface area contributed by atoms with Gasteiger partial charge in [-0.05, 0) is 37.1 Å². The Hall–Kier alpha value is -0.950. The molecule has 1 nitrogen and oxygen atoms in total. The molecule has 0 aliphatic carbocycles.